The number of hydrogen-bond donors (Lipinski definition) is 1. The lowest BCUT2D eigenvalue weighted by molar-refractivity contribution is 0.596. The smallest absolute Gasteiger partial charge is 0.193 e. The SMILES string of the molecule is CNC(Cc1cn2ccsc2n1)c1scc(C)c1Cl. The first-order valence-corrected chi connectivity index (χ1v) is 8.14. The van der Waals surface area contributed by atoms with Gasteiger partial charge in [0.2, 0.25) is 0 Å². The van der Waals surface area contributed by atoms with Crippen molar-refractivity contribution < 1.29 is 0 Å². The zero-order valence-electron chi connectivity index (χ0n) is 10.7. The number of likely N-dealkylation sites (N-methyl/N-ethyl adjacent to an activating group) is 1. The zero-order valence-corrected chi connectivity index (χ0v) is 13.1. The number of imidazole rings is 1. The van der Waals surface area contributed by atoms with E-state index in [-0.39, 0.29) is 6.04 Å². The number of thiazole rings is 1. The number of aryl methyl sites for hydroxylation is 1. The van der Waals surface area contributed by atoms with Crippen molar-refractivity contribution in [2.24, 2.45) is 0 Å². The highest BCUT2D eigenvalue weighted by molar-refractivity contribution is 7.15. The number of fused-ring (bicyclic) bond motifs is 1. The van der Waals surface area contributed by atoms with Crippen LogP contribution < -0.4 is 5.32 Å². The minimum atomic E-state index is 0.218. The van der Waals surface area contributed by atoms with E-state index in [1.54, 1.807) is 22.7 Å². The third kappa shape index (κ3) is 2.43. The molecule has 1 N–H and O–H groups in total. The predicted octanol–water partition coefficient (Wildman–Crippen LogP) is 3.92. The summed E-state index contributed by atoms with van der Waals surface area (Å²) in [6, 6.07) is 0.218. The van der Waals surface area contributed by atoms with Crippen LogP contribution in [0.4, 0.5) is 0 Å². The summed E-state index contributed by atoms with van der Waals surface area (Å²) in [7, 11) is 1.97. The Morgan fingerprint density at radius 1 is 1.47 bits per heavy atom. The largest absolute Gasteiger partial charge is 0.312 e. The summed E-state index contributed by atoms with van der Waals surface area (Å²) in [6.45, 7) is 2.04. The maximum absolute atomic E-state index is 6.35. The highest BCUT2D eigenvalue weighted by atomic mass is 35.5. The average Bonchev–Trinajstić information content (AvgIpc) is 3.04. The Morgan fingerprint density at radius 2 is 2.32 bits per heavy atom. The average molecular weight is 312 g/mol. The van der Waals surface area contributed by atoms with Gasteiger partial charge in [-0.25, -0.2) is 4.98 Å². The first kappa shape index (κ1) is 13.1. The second-order valence-electron chi connectivity index (χ2n) is 4.47. The van der Waals surface area contributed by atoms with Crippen molar-refractivity contribution in [1.82, 2.24) is 14.7 Å². The van der Waals surface area contributed by atoms with E-state index in [2.05, 4.69) is 26.3 Å². The summed E-state index contributed by atoms with van der Waals surface area (Å²) in [5.41, 5.74) is 2.24. The van der Waals surface area contributed by atoms with Gasteiger partial charge < -0.3 is 5.32 Å². The molecular weight excluding hydrogens is 298 g/mol. The zero-order chi connectivity index (χ0) is 13.4. The van der Waals surface area contributed by atoms with Crippen LogP contribution in [0.15, 0.2) is 23.2 Å². The molecule has 0 aliphatic heterocycles. The number of nitrogens with one attached hydrogen (secondary N) is 1. The minimum Gasteiger partial charge on any atom is -0.312 e. The van der Waals surface area contributed by atoms with E-state index < -0.39 is 0 Å². The Hall–Kier alpha value is -0.880. The first-order valence-electron chi connectivity index (χ1n) is 6.01. The number of nitrogens with zero attached hydrogens (tertiary/aromatic N) is 2. The van der Waals surface area contributed by atoms with Crippen molar-refractivity contribution in [2.75, 3.05) is 7.05 Å². The van der Waals surface area contributed by atoms with Gasteiger partial charge in [0, 0.05) is 35.1 Å². The molecule has 1 unspecified atom stereocenters. The van der Waals surface area contributed by atoms with Crippen LogP contribution in [0.2, 0.25) is 5.02 Å². The van der Waals surface area contributed by atoms with Gasteiger partial charge in [0.15, 0.2) is 4.96 Å². The van der Waals surface area contributed by atoms with Crippen LogP contribution in [0, 0.1) is 6.92 Å². The molecule has 3 aromatic rings. The van der Waals surface area contributed by atoms with Crippen LogP contribution in [-0.2, 0) is 6.42 Å². The molecule has 0 amide bonds. The summed E-state index contributed by atoms with van der Waals surface area (Å²) in [4.78, 5) is 6.86. The second-order valence-corrected chi connectivity index (χ2v) is 6.63. The number of thiophene rings is 1. The second kappa shape index (κ2) is 5.25. The fourth-order valence-electron chi connectivity index (χ4n) is 2.09. The molecule has 3 rings (SSSR count). The van der Waals surface area contributed by atoms with Crippen LogP contribution in [-0.4, -0.2) is 16.4 Å². The highest BCUT2D eigenvalue weighted by Gasteiger charge is 2.18. The quantitative estimate of drug-likeness (QED) is 0.791. The number of hydrogen-bond acceptors (Lipinski definition) is 4. The topological polar surface area (TPSA) is 29.3 Å². The molecule has 0 saturated carbocycles. The normalized spacial score (nSPS) is 13.2. The summed E-state index contributed by atoms with van der Waals surface area (Å²) in [5.74, 6) is 0. The van der Waals surface area contributed by atoms with Gasteiger partial charge in [-0.15, -0.1) is 22.7 Å². The van der Waals surface area contributed by atoms with Gasteiger partial charge in [0.25, 0.3) is 0 Å². The van der Waals surface area contributed by atoms with E-state index >= 15 is 0 Å². The van der Waals surface area contributed by atoms with Crippen molar-refractivity contribution in [3.8, 4) is 0 Å². The molecule has 0 aliphatic rings. The van der Waals surface area contributed by atoms with Crippen LogP contribution in [0.5, 0.6) is 0 Å². The van der Waals surface area contributed by atoms with Crippen molar-refractivity contribution in [3.63, 3.8) is 0 Å². The van der Waals surface area contributed by atoms with Gasteiger partial charge in [0.05, 0.1) is 10.7 Å². The van der Waals surface area contributed by atoms with Gasteiger partial charge in [0.1, 0.15) is 0 Å². The number of aromatic nitrogens is 2. The Labute approximate surface area is 124 Å². The Balaban J connectivity index is 1.87. The minimum absolute atomic E-state index is 0.218. The summed E-state index contributed by atoms with van der Waals surface area (Å²) >= 11 is 9.72. The molecule has 0 radical (unpaired) electrons. The van der Waals surface area contributed by atoms with Crippen molar-refractivity contribution >= 4 is 39.2 Å². The molecule has 0 bridgehead atoms. The maximum Gasteiger partial charge on any atom is 0.193 e. The molecule has 3 heterocycles. The van der Waals surface area contributed by atoms with Crippen LogP contribution in [0.25, 0.3) is 4.96 Å². The lowest BCUT2D eigenvalue weighted by Gasteiger charge is -2.13. The number of rotatable bonds is 4. The Kier molecular flexibility index (Phi) is 3.62. The summed E-state index contributed by atoms with van der Waals surface area (Å²) in [6.07, 6.45) is 4.97. The van der Waals surface area contributed by atoms with Gasteiger partial charge >= 0.3 is 0 Å². The molecular formula is C13H14ClN3S2. The molecule has 3 aromatic heterocycles. The summed E-state index contributed by atoms with van der Waals surface area (Å²) < 4.78 is 2.06. The molecule has 3 nitrogen and oxygen atoms in total. The van der Waals surface area contributed by atoms with E-state index in [9.17, 15) is 0 Å². The third-order valence-corrected chi connectivity index (χ3v) is 5.75. The van der Waals surface area contributed by atoms with Crippen LogP contribution >= 0.6 is 34.3 Å². The molecule has 1 atom stereocenters. The van der Waals surface area contributed by atoms with E-state index in [1.807, 2.05) is 25.5 Å². The van der Waals surface area contributed by atoms with Crippen molar-refractivity contribution in [1.29, 1.82) is 0 Å². The van der Waals surface area contributed by atoms with Gasteiger partial charge in [-0.1, -0.05) is 11.6 Å². The van der Waals surface area contributed by atoms with Crippen LogP contribution in [0.3, 0.4) is 0 Å². The predicted molar refractivity (Wildman–Crippen MR) is 82.6 cm³/mol. The lowest BCUT2D eigenvalue weighted by Crippen LogP contribution is -2.18. The third-order valence-electron chi connectivity index (χ3n) is 3.15. The van der Waals surface area contributed by atoms with Crippen molar-refractivity contribution in [2.45, 2.75) is 19.4 Å². The molecule has 19 heavy (non-hydrogen) atoms. The molecule has 0 saturated heterocycles. The fraction of sp³-hybridized carbons (Fsp3) is 0.308. The standard InChI is InChI=1S/C13H14ClN3S2/c1-8-7-19-12(11(8)14)10(15-2)5-9-6-17-3-4-18-13(17)16-9/h3-4,6-7,10,15H,5H2,1-2H3. The Bertz CT molecular complexity index is 669. The van der Waals surface area contributed by atoms with Crippen LogP contribution in [0.1, 0.15) is 22.2 Å². The maximum atomic E-state index is 6.35. The van der Waals surface area contributed by atoms with Gasteiger partial charge in [-0.2, -0.15) is 0 Å². The van der Waals surface area contributed by atoms with E-state index in [4.69, 9.17) is 11.6 Å². The van der Waals surface area contributed by atoms with Gasteiger partial charge in [-0.3, -0.25) is 4.40 Å². The highest BCUT2D eigenvalue weighted by Crippen LogP contribution is 2.33. The molecule has 100 valence electrons. The Morgan fingerprint density at radius 3 is 2.95 bits per heavy atom. The monoisotopic (exact) mass is 311 g/mol. The van der Waals surface area contributed by atoms with E-state index in [1.165, 1.54) is 4.88 Å². The molecule has 0 aliphatic carbocycles. The van der Waals surface area contributed by atoms with Gasteiger partial charge in [-0.05, 0) is 24.9 Å². The molecule has 0 fully saturated rings. The first-order chi connectivity index (χ1) is 9.19. The van der Waals surface area contributed by atoms with E-state index in [0.29, 0.717) is 0 Å². The lowest BCUT2D eigenvalue weighted by atomic mass is 10.1. The number of halogens is 1. The van der Waals surface area contributed by atoms with E-state index in [0.717, 1.165) is 27.7 Å². The fourth-order valence-corrected chi connectivity index (χ4v) is 4.25. The molecule has 0 aromatic carbocycles. The molecule has 0 spiro atoms. The molecule has 6 heteroatoms. The van der Waals surface area contributed by atoms with Crippen molar-refractivity contribution in [3.05, 3.63) is 44.3 Å². The summed E-state index contributed by atoms with van der Waals surface area (Å²) in [5, 5.41) is 8.37.